The molecule has 1 atom stereocenters. The normalized spacial score (nSPS) is 13.9. The molecule has 2 aromatic carbocycles. The molecule has 5 nitrogen and oxygen atoms in total. The largest absolute Gasteiger partial charge is 0.508 e. The average Bonchev–Trinajstić information content (AvgIpc) is 2.96. The van der Waals surface area contributed by atoms with Gasteiger partial charge in [0, 0.05) is 12.5 Å². The third-order valence-corrected chi connectivity index (χ3v) is 3.66. The Morgan fingerprint density at radius 1 is 1.09 bits per heavy atom. The summed E-state index contributed by atoms with van der Waals surface area (Å²) in [6.07, 6.45) is 0.242. The fourth-order valence-electron chi connectivity index (χ4n) is 2.51. The first-order valence-corrected chi connectivity index (χ1v) is 7.08. The summed E-state index contributed by atoms with van der Waals surface area (Å²) in [5, 5.41) is 20.2. The molecule has 0 aliphatic carbocycles. The number of phenols is 1. The predicted octanol–water partition coefficient (Wildman–Crippen LogP) is 2.28. The van der Waals surface area contributed by atoms with Crippen LogP contribution in [0.2, 0.25) is 0 Å². The number of hydrogen-bond donors (Lipinski definition) is 2. The fraction of sp³-hybridized carbons (Fsp3) is 0.294. The van der Waals surface area contributed by atoms with Gasteiger partial charge in [-0.2, -0.15) is 0 Å². The summed E-state index contributed by atoms with van der Waals surface area (Å²) in [6, 6.07) is 10.7. The highest BCUT2D eigenvalue weighted by atomic mass is 16.7. The van der Waals surface area contributed by atoms with Crippen molar-refractivity contribution in [3.8, 4) is 23.0 Å². The molecule has 2 aromatic rings. The summed E-state index contributed by atoms with van der Waals surface area (Å²) < 4.78 is 15.6. The first kappa shape index (κ1) is 14.5. The molecule has 1 unspecified atom stereocenters. The summed E-state index contributed by atoms with van der Waals surface area (Å²) in [5.41, 5.74) is 1.65. The molecule has 0 amide bonds. The van der Waals surface area contributed by atoms with Crippen LogP contribution in [0.5, 0.6) is 23.0 Å². The number of aromatic hydroxyl groups is 1. The minimum atomic E-state index is -0.598. The Labute approximate surface area is 128 Å². The van der Waals surface area contributed by atoms with Gasteiger partial charge in [-0.25, -0.2) is 0 Å². The molecule has 0 spiro atoms. The predicted molar refractivity (Wildman–Crippen MR) is 80.6 cm³/mol. The smallest absolute Gasteiger partial charge is 0.231 e. The van der Waals surface area contributed by atoms with Gasteiger partial charge in [0.2, 0.25) is 6.79 Å². The van der Waals surface area contributed by atoms with Crippen LogP contribution in [-0.4, -0.2) is 30.2 Å². The number of methoxy groups -OCH3 is 1. The van der Waals surface area contributed by atoms with Crippen molar-refractivity contribution < 1.29 is 24.4 Å². The summed E-state index contributed by atoms with van der Waals surface area (Å²) >= 11 is 0. The topological polar surface area (TPSA) is 68.2 Å². The van der Waals surface area contributed by atoms with E-state index in [-0.39, 0.29) is 12.5 Å². The lowest BCUT2D eigenvalue weighted by Gasteiger charge is -2.13. The molecular formula is C17H18O5. The average molecular weight is 302 g/mol. The van der Waals surface area contributed by atoms with E-state index in [2.05, 4.69) is 0 Å². The first-order valence-electron chi connectivity index (χ1n) is 7.08. The van der Waals surface area contributed by atoms with Crippen molar-refractivity contribution in [1.82, 2.24) is 0 Å². The number of phenolic OH excluding ortho intramolecular Hbond substituents is 1. The van der Waals surface area contributed by atoms with Crippen molar-refractivity contribution in [1.29, 1.82) is 0 Å². The van der Waals surface area contributed by atoms with Gasteiger partial charge in [0.25, 0.3) is 0 Å². The molecule has 2 N–H and O–H groups in total. The molecule has 22 heavy (non-hydrogen) atoms. The van der Waals surface area contributed by atoms with Gasteiger partial charge >= 0.3 is 0 Å². The van der Waals surface area contributed by atoms with Crippen molar-refractivity contribution in [3.63, 3.8) is 0 Å². The molecule has 1 aliphatic rings. The van der Waals surface area contributed by atoms with Crippen molar-refractivity contribution in [2.45, 2.75) is 18.9 Å². The number of fused-ring (bicyclic) bond motifs is 1. The van der Waals surface area contributed by atoms with Crippen LogP contribution in [0.15, 0.2) is 36.4 Å². The van der Waals surface area contributed by atoms with E-state index in [0.717, 1.165) is 11.3 Å². The Morgan fingerprint density at radius 3 is 2.68 bits per heavy atom. The van der Waals surface area contributed by atoms with Crippen molar-refractivity contribution >= 4 is 0 Å². The van der Waals surface area contributed by atoms with E-state index >= 15 is 0 Å². The Hall–Kier alpha value is -2.40. The summed E-state index contributed by atoms with van der Waals surface area (Å²) in [7, 11) is 1.54. The molecule has 0 bridgehead atoms. The molecule has 1 aliphatic heterocycles. The van der Waals surface area contributed by atoms with Gasteiger partial charge in [-0.3, -0.25) is 0 Å². The monoisotopic (exact) mass is 302 g/mol. The summed E-state index contributed by atoms with van der Waals surface area (Å²) in [6.45, 7) is 0.237. The van der Waals surface area contributed by atoms with Gasteiger partial charge in [-0.1, -0.05) is 12.1 Å². The molecule has 0 aromatic heterocycles. The molecule has 0 fully saturated rings. The van der Waals surface area contributed by atoms with Crippen LogP contribution in [0.3, 0.4) is 0 Å². The Bertz CT molecular complexity index is 668. The Kier molecular flexibility index (Phi) is 4.06. The lowest BCUT2D eigenvalue weighted by Crippen LogP contribution is -2.14. The van der Waals surface area contributed by atoms with E-state index in [9.17, 15) is 10.2 Å². The van der Waals surface area contributed by atoms with Crippen LogP contribution in [0.4, 0.5) is 0 Å². The van der Waals surface area contributed by atoms with E-state index in [1.165, 1.54) is 0 Å². The van der Waals surface area contributed by atoms with Crippen molar-refractivity contribution in [2.75, 3.05) is 13.9 Å². The second-order valence-electron chi connectivity index (χ2n) is 5.24. The number of benzene rings is 2. The molecule has 0 radical (unpaired) electrons. The third kappa shape index (κ3) is 3.09. The second-order valence-corrected chi connectivity index (χ2v) is 5.24. The summed E-state index contributed by atoms with van der Waals surface area (Å²) in [5.74, 6) is 2.15. The van der Waals surface area contributed by atoms with Crippen molar-refractivity contribution in [3.05, 3.63) is 47.5 Å². The maximum absolute atomic E-state index is 10.2. The first-order chi connectivity index (χ1) is 10.7. The number of aliphatic hydroxyl groups excluding tert-OH is 1. The Morgan fingerprint density at radius 2 is 1.91 bits per heavy atom. The van der Waals surface area contributed by atoms with Crippen LogP contribution in [0, 0.1) is 0 Å². The SMILES string of the molecule is COc1ccc(CC(O)Cc2ccc3c(c2)OCO3)c(O)c1. The molecule has 5 heteroatoms. The maximum Gasteiger partial charge on any atom is 0.231 e. The highest BCUT2D eigenvalue weighted by Crippen LogP contribution is 2.33. The zero-order valence-corrected chi connectivity index (χ0v) is 12.3. The lowest BCUT2D eigenvalue weighted by molar-refractivity contribution is 0.172. The fourth-order valence-corrected chi connectivity index (χ4v) is 2.51. The van der Waals surface area contributed by atoms with Crippen LogP contribution in [0.25, 0.3) is 0 Å². The van der Waals surface area contributed by atoms with Crippen molar-refractivity contribution in [2.24, 2.45) is 0 Å². The molecule has 116 valence electrons. The molecular weight excluding hydrogens is 284 g/mol. The van der Waals surface area contributed by atoms with Gasteiger partial charge in [0.15, 0.2) is 11.5 Å². The minimum absolute atomic E-state index is 0.129. The molecule has 3 rings (SSSR count). The van der Waals surface area contributed by atoms with Gasteiger partial charge in [-0.05, 0) is 35.7 Å². The van der Waals surface area contributed by atoms with E-state index in [1.807, 2.05) is 18.2 Å². The summed E-state index contributed by atoms with van der Waals surface area (Å²) in [4.78, 5) is 0. The van der Waals surface area contributed by atoms with Gasteiger partial charge in [-0.15, -0.1) is 0 Å². The van der Waals surface area contributed by atoms with Crippen LogP contribution in [0.1, 0.15) is 11.1 Å². The number of rotatable bonds is 5. The van der Waals surface area contributed by atoms with E-state index in [4.69, 9.17) is 14.2 Å². The van der Waals surface area contributed by atoms with Gasteiger partial charge in [0.1, 0.15) is 11.5 Å². The zero-order chi connectivity index (χ0) is 15.5. The highest BCUT2D eigenvalue weighted by molar-refractivity contribution is 5.45. The van der Waals surface area contributed by atoms with E-state index in [1.54, 1.807) is 25.3 Å². The number of ether oxygens (including phenoxy) is 3. The second kappa shape index (κ2) is 6.15. The standard InChI is InChI=1S/C17H18O5/c1-20-14-4-3-12(15(19)9-14)8-13(18)6-11-2-5-16-17(7-11)22-10-21-16/h2-5,7,9,13,18-19H,6,8,10H2,1H3. The molecule has 1 heterocycles. The van der Waals surface area contributed by atoms with Gasteiger partial charge in [0.05, 0.1) is 13.2 Å². The lowest BCUT2D eigenvalue weighted by atomic mass is 10.0. The van der Waals surface area contributed by atoms with Gasteiger partial charge < -0.3 is 24.4 Å². The zero-order valence-electron chi connectivity index (χ0n) is 12.3. The minimum Gasteiger partial charge on any atom is -0.508 e. The van der Waals surface area contributed by atoms with E-state index < -0.39 is 6.10 Å². The van der Waals surface area contributed by atoms with Crippen LogP contribution >= 0.6 is 0 Å². The van der Waals surface area contributed by atoms with Crippen LogP contribution in [-0.2, 0) is 12.8 Å². The number of aliphatic hydroxyl groups is 1. The molecule has 0 saturated heterocycles. The molecule has 0 saturated carbocycles. The third-order valence-electron chi connectivity index (χ3n) is 3.66. The highest BCUT2D eigenvalue weighted by Gasteiger charge is 2.16. The quantitative estimate of drug-likeness (QED) is 0.887. The van der Waals surface area contributed by atoms with E-state index in [0.29, 0.717) is 29.9 Å². The number of hydrogen-bond acceptors (Lipinski definition) is 5. The Balaban J connectivity index is 1.66. The maximum atomic E-state index is 10.2. The van der Waals surface area contributed by atoms with Crippen LogP contribution < -0.4 is 14.2 Å².